The number of nitrogens with two attached hydrogens (primary N) is 1. The molecule has 1 aromatic carbocycles. The van der Waals surface area contributed by atoms with Crippen molar-refractivity contribution >= 4 is 0 Å². The zero-order valence-electron chi connectivity index (χ0n) is 14.3. The lowest BCUT2D eigenvalue weighted by Gasteiger charge is -2.47. The highest BCUT2D eigenvalue weighted by Crippen LogP contribution is 2.36. The minimum absolute atomic E-state index is 0.221. The van der Waals surface area contributed by atoms with Crippen molar-refractivity contribution in [2.45, 2.75) is 65.5 Å². The van der Waals surface area contributed by atoms with Crippen LogP contribution < -0.4 is 5.73 Å². The summed E-state index contributed by atoms with van der Waals surface area (Å²) in [4.78, 5) is 2.63. The Balaban J connectivity index is 2.17. The van der Waals surface area contributed by atoms with Crippen molar-refractivity contribution in [1.29, 1.82) is 0 Å². The van der Waals surface area contributed by atoms with Gasteiger partial charge in [0.1, 0.15) is 0 Å². The van der Waals surface area contributed by atoms with Crippen LogP contribution in [0.15, 0.2) is 18.2 Å². The predicted octanol–water partition coefficient (Wildman–Crippen LogP) is 4.03. The number of benzene rings is 1. The summed E-state index contributed by atoms with van der Waals surface area (Å²) in [6, 6.07) is 6.90. The van der Waals surface area contributed by atoms with Crippen molar-refractivity contribution < 1.29 is 0 Å². The first-order valence-electron chi connectivity index (χ1n) is 8.51. The van der Waals surface area contributed by atoms with Crippen LogP contribution in [0.25, 0.3) is 0 Å². The number of likely N-dealkylation sites (N-methyl/N-ethyl adjacent to an activating group) is 1. The molecule has 0 heterocycles. The van der Waals surface area contributed by atoms with E-state index in [-0.39, 0.29) is 5.54 Å². The number of aryl methyl sites for hydroxylation is 2. The normalized spacial score (nSPS) is 26.3. The van der Waals surface area contributed by atoms with E-state index in [2.05, 4.69) is 50.8 Å². The Bertz CT molecular complexity index is 438. The van der Waals surface area contributed by atoms with Crippen LogP contribution in [0.2, 0.25) is 0 Å². The van der Waals surface area contributed by atoms with E-state index < -0.39 is 0 Å². The highest BCUT2D eigenvalue weighted by molar-refractivity contribution is 5.28. The fourth-order valence-electron chi connectivity index (χ4n) is 3.94. The maximum Gasteiger partial charge on any atom is 0.0335 e. The van der Waals surface area contributed by atoms with Gasteiger partial charge in [-0.2, -0.15) is 0 Å². The van der Waals surface area contributed by atoms with Gasteiger partial charge in [0.25, 0.3) is 0 Å². The standard InChI is InChI=1S/C19H32N2/c1-5-21(13-18-11-16(3)10-17(4)12-18)19(14-20)8-6-15(2)7-9-19/h10-12,15H,5-9,13-14,20H2,1-4H3. The fraction of sp³-hybridized carbons (Fsp3) is 0.684. The van der Waals surface area contributed by atoms with E-state index >= 15 is 0 Å². The second-order valence-corrected chi connectivity index (χ2v) is 7.12. The van der Waals surface area contributed by atoms with E-state index in [0.29, 0.717) is 0 Å². The van der Waals surface area contributed by atoms with E-state index in [1.807, 2.05) is 0 Å². The van der Waals surface area contributed by atoms with Crippen molar-refractivity contribution in [3.8, 4) is 0 Å². The molecule has 0 aromatic heterocycles. The Hall–Kier alpha value is -0.860. The molecule has 1 aliphatic carbocycles. The van der Waals surface area contributed by atoms with Crippen LogP contribution in [-0.4, -0.2) is 23.5 Å². The van der Waals surface area contributed by atoms with Crippen molar-refractivity contribution in [2.75, 3.05) is 13.1 Å². The second-order valence-electron chi connectivity index (χ2n) is 7.12. The third-order valence-electron chi connectivity index (χ3n) is 5.29. The van der Waals surface area contributed by atoms with Crippen LogP contribution in [0.4, 0.5) is 0 Å². The average Bonchev–Trinajstić information content (AvgIpc) is 2.45. The van der Waals surface area contributed by atoms with Gasteiger partial charge in [0, 0.05) is 18.6 Å². The monoisotopic (exact) mass is 288 g/mol. The minimum atomic E-state index is 0.221. The highest BCUT2D eigenvalue weighted by Gasteiger charge is 2.37. The van der Waals surface area contributed by atoms with E-state index in [4.69, 9.17) is 5.73 Å². The van der Waals surface area contributed by atoms with Gasteiger partial charge in [-0.1, -0.05) is 43.2 Å². The summed E-state index contributed by atoms with van der Waals surface area (Å²) in [6.45, 7) is 11.9. The number of nitrogens with zero attached hydrogens (tertiary/aromatic N) is 1. The molecule has 1 aromatic rings. The molecule has 2 heteroatoms. The lowest BCUT2D eigenvalue weighted by atomic mass is 9.75. The summed E-state index contributed by atoms with van der Waals surface area (Å²) in [5, 5.41) is 0. The molecule has 0 spiro atoms. The van der Waals surface area contributed by atoms with Crippen LogP contribution in [0.1, 0.15) is 56.2 Å². The summed E-state index contributed by atoms with van der Waals surface area (Å²) in [7, 11) is 0. The quantitative estimate of drug-likeness (QED) is 0.886. The SMILES string of the molecule is CCN(Cc1cc(C)cc(C)c1)C1(CN)CCC(C)CC1. The molecule has 0 unspecified atom stereocenters. The molecule has 21 heavy (non-hydrogen) atoms. The van der Waals surface area contributed by atoms with Crippen molar-refractivity contribution in [3.05, 3.63) is 34.9 Å². The number of hydrogen-bond donors (Lipinski definition) is 1. The number of rotatable bonds is 5. The molecule has 2 rings (SSSR count). The van der Waals surface area contributed by atoms with Crippen LogP contribution in [-0.2, 0) is 6.54 Å². The first kappa shape index (κ1) is 16.5. The summed E-state index contributed by atoms with van der Waals surface area (Å²) >= 11 is 0. The molecule has 0 bridgehead atoms. The Morgan fingerprint density at radius 1 is 1.14 bits per heavy atom. The van der Waals surface area contributed by atoms with Crippen molar-refractivity contribution in [3.63, 3.8) is 0 Å². The Morgan fingerprint density at radius 3 is 2.19 bits per heavy atom. The van der Waals surface area contributed by atoms with Crippen LogP contribution in [0.5, 0.6) is 0 Å². The van der Waals surface area contributed by atoms with E-state index in [1.165, 1.54) is 42.4 Å². The van der Waals surface area contributed by atoms with Gasteiger partial charge in [0.2, 0.25) is 0 Å². The van der Waals surface area contributed by atoms with Gasteiger partial charge < -0.3 is 5.73 Å². The molecule has 1 fully saturated rings. The molecule has 0 radical (unpaired) electrons. The fourth-order valence-corrected chi connectivity index (χ4v) is 3.94. The third-order valence-corrected chi connectivity index (χ3v) is 5.29. The summed E-state index contributed by atoms with van der Waals surface area (Å²) in [6.07, 6.45) is 5.15. The van der Waals surface area contributed by atoms with Gasteiger partial charge in [-0.3, -0.25) is 4.90 Å². The smallest absolute Gasteiger partial charge is 0.0335 e. The molecule has 2 nitrogen and oxygen atoms in total. The lowest BCUT2D eigenvalue weighted by Crippen LogP contribution is -2.55. The second kappa shape index (κ2) is 6.93. The van der Waals surface area contributed by atoms with Gasteiger partial charge >= 0.3 is 0 Å². The van der Waals surface area contributed by atoms with Crippen LogP contribution in [0, 0.1) is 19.8 Å². The van der Waals surface area contributed by atoms with Gasteiger partial charge in [-0.15, -0.1) is 0 Å². The first-order valence-corrected chi connectivity index (χ1v) is 8.51. The van der Waals surface area contributed by atoms with Gasteiger partial charge in [0.15, 0.2) is 0 Å². The van der Waals surface area contributed by atoms with Gasteiger partial charge in [-0.05, 0) is 57.6 Å². The molecule has 1 saturated carbocycles. The topological polar surface area (TPSA) is 29.3 Å². The van der Waals surface area contributed by atoms with Crippen LogP contribution >= 0.6 is 0 Å². The molecule has 0 saturated heterocycles. The third kappa shape index (κ3) is 3.87. The molecule has 0 atom stereocenters. The van der Waals surface area contributed by atoms with Gasteiger partial charge in [0.05, 0.1) is 0 Å². The summed E-state index contributed by atoms with van der Waals surface area (Å²) in [5.74, 6) is 0.865. The zero-order chi connectivity index (χ0) is 15.5. The molecular weight excluding hydrogens is 256 g/mol. The molecule has 118 valence electrons. The van der Waals surface area contributed by atoms with Gasteiger partial charge in [-0.25, -0.2) is 0 Å². The summed E-state index contributed by atoms with van der Waals surface area (Å²) < 4.78 is 0. The maximum atomic E-state index is 6.23. The minimum Gasteiger partial charge on any atom is -0.329 e. The largest absolute Gasteiger partial charge is 0.329 e. The molecular formula is C19H32N2. The van der Waals surface area contributed by atoms with Crippen molar-refractivity contribution in [2.24, 2.45) is 11.7 Å². The number of hydrogen-bond acceptors (Lipinski definition) is 2. The van der Waals surface area contributed by atoms with E-state index in [1.54, 1.807) is 0 Å². The lowest BCUT2D eigenvalue weighted by molar-refractivity contribution is 0.0423. The predicted molar refractivity (Wildman–Crippen MR) is 91.4 cm³/mol. The maximum absolute atomic E-state index is 6.23. The first-order chi connectivity index (χ1) is 9.99. The highest BCUT2D eigenvalue weighted by atomic mass is 15.2. The Labute approximate surface area is 130 Å². The molecule has 0 aliphatic heterocycles. The molecule has 2 N–H and O–H groups in total. The van der Waals surface area contributed by atoms with Crippen molar-refractivity contribution in [1.82, 2.24) is 4.90 Å². The molecule has 1 aliphatic rings. The molecule has 0 amide bonds. The van der Waals surface area contributed by atoms with E-state index in [0.717, 1.165) is 25.6 Å². The zero-order valence-corrected chi connectivity index (χ0v) is 14.3. The Morgan fingerprint density at radius 2 is 1.71 bits per heavy atom. The van der Waals surface area contributed by atoms with Crippen LogP contribution in [0.3, 0.4) is 0 Å². The Kier molecular flexibility index (Phi) is 5.45. The average molecular weight is 288 g/mol. The summed E-state index contributed by atoms with van der Waals surface area (Å²) in [5.41, 5.74) is 10.6. The van der Waals surface area contributed by atoms with E-state index in [9.17, 15) is 0 Å².